The van der Waals surface area contributed by atoms with Gasteiger partial charge in [-0.15, -0.1) is 0 Å². The second-order valence-corrected chi connectivity index (χ2v) is 8.26. The maximum Gasteiger partial charge on any atom is 0.316 e. The highest BCUT2D eigenvalue weighted by atomic mass is 32.2. The van der Waals surface area contributed by atoms with Gasteiger partial charge < -0.3 is 4.74 Å². The third kappa shape index (κ3) is 4.08. The molecule has 0 bridgehead atoms. The number of pyridine rings is 1. The maximum absolute atomic E-state index is 12.1. The van der Waals surface area contributed by atoms with Crippen LogP contribution in [0.4, 0.5) is 0 Å². The summed E-state index contributed by atoms with van der Waals surface area (Å²) < 4.78 is 5.37. The van der Waals surface area contributed by atoms with E-state index >= 15 is 0 Å². The van der Waals surface area contributed by atoms with Crippen LogP contribution in [0.1, 0.15) is 44.0 Å². The Morgan fingerprint density at radius 2 is 2.00 bits per heavy atom. The van der Waals surface area contributed by atoms with Gasteiger partial charge in [0.15, 0.2) is 0 Å². The van der Waals surface area contributed by atoms with Crippen molar-refractivity contribution in [3.63, 3.8) is 0 Å². The van der Waals surface area contributed by atoms with Gasteiger partial charge in [0.1, 0.15) is 16.7 Å². The molecule has 134 valence electrons. The Kier molecular flexibility index (Phi) is 5.33. The molecule has 0 N–H and O–H groups in total. The van der Waals surface area contributed by atoms with Crippen molar-refractivity contribution in [2.24, 2.45) is 0 Å². The summed E-state index contributed by atoms with van der Waals surface area (Å²) in [6.07, 6.45) is 2.91. The van der Waals surface area contributed by atoms with E-state index in [4.69, 9.17) is 9.72 Å². The molecule has 0 saturated heterocycles. The SMILES string of the molecule is CC(C)(C)OC(=O)CSc1nc2c(c(-c3ccccc3)c1C#N)CCC2. The molecule has 0 aliphatic heterocycles. The van der Waals surface area contributed by atoms with Crippen LogP contribution in [0.3, 0.4) is 0 Å². The number of aryl methyl sites for hydroxylation is 1. The molecule has 0 amide bonds. The smallest absolute Gasteiger partial charge is 0.316 e. The van der Waals surface area contributed by atoms with Crippen LogP contribution >= 0.6 is 11.8 Å². The molecule has 1 aliphatic carbocycles. The Balaban J connectivity index is 1.97. The number of fused-ring (bicyclic) bond motifs is 1. The zero-order chi connectivity index (χ0) is 18.7. The van der Waals surface area contributed by atoms with E-state index in [1.54, 1.807) is 0 Å². The number of carbonyl (C=O) groups excluding carboxylic acids is 1. The number of ether oxygens (including phenoxy) is 1. The first-order valence-corrected chi connectivity index (χ1v) is 9.73. The number of hydrogen-bond donors (Lipinski definition) is 0. The van der Waals surface area contributed by atoms with Crippen molar-refractivity contribution in [1.82, 2.24) is 4.98 Å². The molecule has 0 spiro atoms. The van der Waals surface area contributed by atoms with Crippen LogP contribution in [0, 0.1) is 11.3 Å². The molecular formula is C21H22N2O2S. The Hall–Kier alpha value is -2.32. The Morgan fingerprint density at radius 1 is 1.27 bits per heavy atom. The minimum Gasteiger partial charge on any atom is -0.459 e. The van der Waals surface area contributed by atoms with Crippen molar-refractivity contribution in [2.45, 2.75) is 50.7 Å². The number of esters is 1. The van der Waals surface area contributed by atoms with Gasteiger partial charge in [0.25, 0.3) is 0 Å². The predicted molar refractivity (Wildman–Crippen MR) is 103 cm³/mol. The van der Waals surface area contributed by atoms with Crippen LogP contribution in [0.25, 0.3) is 11.1 Å². The normalized spacial score (nSPS) is 13.2. The number of carbonyl (C=O) groups is 1. The summed E-state index contributed by atoms with van der Waals surface area (Å²) in [5, 5.41) is 10.4. The van der Waals surface area contributed by atoms with E-state index in [0.717, 1.165) is 36.1 Å². The van der Waals surface area contributed by atoms with Crippen molar-refractivity contribution in [3.05, 3.63) is 47.2 Å². The molecule has 1 aromatic heterocycles. The highest BCUT2D eigenvalue weighted by Gasteiger charge is 2.25. The summed E-state index contributed by atoms with van der Waals surface area (Å²) in [5.74, 6) is -0.152. The van der Waals surface area contributed by atoms with Crippen molar-refractivity contribution < 1.29 is 9.53 Å². The van der Waals surface area contributed by atoms with Gasteiger partial charge in [-0.25, -0.2) is 4.98 Å². The lowest BCUT2D eigenvalue weighted by Gasteiger charge is -2.19. The number of rotatable bonds is 4. The van der Waals surface area contributed by atoms with Gasteiger partial charge in [-0.3, -0.25) is 4.79 Å². The minimum absolute atomic E-state index is 0.145. The van der Waals surface area contributed by atoms with Crippen LogP contribution < -0.4 is 0 Å². The highest BCUT2D eigenvalue weighted by Crippen LogP contribution is 2.38. The number of nitrogens with zero attached hydrogens (tertiary/aromatic N) is 2. The number of nitriles is 1. The van der Waals surface area contributed by atoms with Gasteiger partial charge in [-0.1, -0.05) is 42.1 Å². The van der Waals surface area contributed by atoms with Crippen molar-refractivity contribution in [2.75, 3.05) is 5.75 Å². The van der Waals surface area contributed by atoms with Gasteiger partial charge in [-0.2, -0.15) is 5.26 Å². The van der Waals surface area contributed by atoms with Crippen LogP contribution in [-0.4, -0.2) is 22.3 Å². The maximum atomic E-state index is 12.1. The van der Waals surface area contributed by atoms with E-state index in [-0.39, 0.29) is 11.7 Å². The number of thioether (sulfide) groups is 1. The Labute approximate surface area is 158 Å². The molecule has 4 nitrogen and oxygen atoms in total. The first-order chi connectivity index (χ1) is 12.4. The number of benzene rings is 1. The Bertz CT molecular complexity index is 864. The van der Waals surface area contributed by atoms with Crippen LogP contribution in [-0.2, 0) is 22.4 Å². The van der Waals surface area contributed by atoms with Crippen molar-refractivity contribution in [3.8, 4) is 17.2 Å². The molecule has 1 aliphatic rings. The summed E-state index contributed by atoms with van der Waals surface area (Å²) in [7, 11) is 0. The van der Waals surface area contributed by atoms with Gasteiger partial charge in [0.05, 0.1) is 11.3 Å². The first kappa shape index (κ1) is 18.5. The lowest BCUT2D eigenvalue weighted by Crippen LogP contribution is -2.25. The zero-order valence-corrected chi connectivity index (χ0v) is 16.2. The molecule has 1 heterocycles. The van der Waals surface area contributed by atoms with E-state index in [9.17, 15) is 10.1 Å². The fraction of sp³-hybridized carbons (Fsp3) is 0.381. The molecule has 2 aromatic rings. The molecule has 0 atom stereocenters. The van der Waals surface area contributed by atoms with Crippen LogP contribution in [0.5, 0.6) is 0 Å². The predicted octanol–water partition coefficient (Wildman–Crippen LogP) is 4.54. The molecule has 1 aromatic carbocycles. The van der Waals surface area contributed by atoms with E-state index in [1.807, 2.05) is 51.1 Å². The molecule has 3 rings (SSSR count). The molecule has 0 radical (unpaired) electrons. The van der Waals surface area contributed by atoms with E-state index in [0.29, 0.717) is 10.6 Å². The molecule has 26 heavy (non-hydrogen) atoms. The summed E-state index contributed by atoms with van der Waals surface area (Å²) in [6.45, 7) is 5.53. The monoisotopic (exact) mass is 366 g/mol. The fourth-order valence-electron chi connectivity index (χ4n) is 3.19. The Morgan fingerprint density at radius 3 is 2.65 bits per heavy atom. The molecule has 0 fully saturated rings. The molecule has 0 saturated carbocycles. The van der Waals surface area contributed by atoms with E-state index in [2.05, 4.69) is 6.07 Å². The summed E-state index contributed by atoms with van der Waals surface area (Å²) >= 11 is 1.29. The number of aromatic nitrogens is 1. The molecule has 0 unspecified atom stereocenters. The average Bonchev–Trinajstić information content (AvgIpc) is 3.05. The van der Waals surface area contributed by atoms with E-state index < -0.39 is 5.60 Å². The number of hydrogen-bond acceptors (Lipinski definition) is 5. The largest absolute Gasteiger partial charge is 0.459 e. The molecule has 5 heteroatoms. The van der Waals surface area contributed by atoms with Gasteiger partial charge in [0, 0.05) is 11.3 Å². The second-order valence-electron chi connectivity index (χ2n) is 7.30. The van der Waals surface area contributed by atoms with Crippen LogP contribution in [0.2, 0.25) is 0 Å². The van der Waals surface area contributed by atoms with Gasteiger partial charge >= 0.3 is 5.97 Å². The fourth-order valence-corrected chi connectivity index (χ4v) is 3.97. The topological polar surface area (TPSA) is 63.0 Å². The summed E-state index contributed by atoms with van der Waals surface area (Å²) in [5.41, 5.74) is 4.27. The van der Waals surface area contributed by atoms with Gasteiger partial charge in [0.2, 0.25) is 0 Å². The third-order valence-electron chi connectivity index (χ3n) is 4.11. The van der Waals surface area contributed by atoms with Crippen LogP contribution in [0.15, 0.2) is 35.4 Å². The highest BCUT2D eigenvalue weighted by molar-refractivity contribution is 7.99. The molecular weight excluding hydrogens is 344 g/mol. The quantitative estimate of drug-likeness (QED) is 0.587. The lowest BCUT2D eigenvalue weighted by atomic mass is 9.95. The van der Waals surface area contributed by atoms with E-state index in [1.165, 1.54) is 17.3 Å². The third-order valence-corrected chi connectivity index (χ3v) is 5.06. The minimum atomic E-state index is -0.518. The second kappa shape index (κ2) is 7.51. The summed E-state index contributed by atoms with van der Waals surface area (Å²) in [4.78, 5) is 16.8. The first-order valence-electron chi connectivity index (χ1n) is 8.75. The lowest BCUT2D eigenvalue weighted by molar-refractivity contribution is -0.151. The summed E-state index contributed by atoms with van der Waals surface area (Å²) in [6, 6.07) is 12.3. The van der Waals surface area contributed by atoms with Gasteiger partial charge in [-0.05, 0) is 51.2 Å². The standard InChI is InChI=1S/C21H22N2O2S/c1-21(2,3)25-18(24)13-26-20-16(12-22)19(14-8-5-4-6-9-14)15-10-7-11-17(15)23-20/h4-6,8-9H,7,10-11,13H2,1-3H3. The average molecular weight is 366 g/mol. The zero-order valence-electron chi connectivity index (χ0n) is 15.3. The van der Waals surface area contributed by atoms with Crippen molar-refractivity contribution >= 4 is 17.7 Å². The van der Waals surface area contributed by atoms with Crippen molar-refractivity contribution in [1.29, 1.82) is 5.26 Å².